The summed E-state index contributed by atoms with van der Waals surface area (Å²) in [5, 5.41) is 10.4. The van der Waals surface area contributed by atoms with Crippen molar-refractivity contribution in [1.29, 1.82) is 0 Å². The standard InChI is InChI=1S/C18H19F3N6O/c1-5-11-6-12(14-7-15(18(19,20)21)25-26(14)3)22-9-13(11)24-17(28)16-10(2)8-23-27(16)4/h6-9H,5H2,1-4H3,(H,24,28). The number of halogens is 3. The first-order chi connectivity index (χ1) is 13.1. The lowest BCUT2D eigenvalue weighted by molar-refractivity contribution is -0.141. The van der Waals surface area contributed by atoms with E-state index in [0.29, 0.717) is 23.5 Å². The molecule has 0 atom stereocenters. The molecule has 3 aromatic rings. The number of amides is 1. The Morgan fingerprint density at radius 3 is 2.43 bits per heavy atom. The highest BCUT2D eigenvalue weighted by Gasteiger charge is 2.34. The number of nitrogens with zero attached hydrogens (tertiary/aromatic N) is 5. The van der Waals surface area contributed by atoms with Crippen molar-refractivity contribution in [3.05, 3.63) is 47.0 Å². The molecule has 0 aliphatic carbocycles. The van der Waals surface area contributed by atoms with Crippen LogP contribution in [0.3, 0.4) is 0 Å². The second-order valence-electron chi connectivity index (χ2n) is 6.37. The first kappa shape index (κ1) is 19.6. The maximum atomic E-state index is 12.9. The first-order valence-electron chi connectivity index (χ1n) is 8.52. The van der Waals surface area contributed by atoms with Gasteiger partial charge in [-0.25, -0.2) is 0 Å². The van der Waals surface area contributed by atoms with E-state index in [4.69, 9.17) is 0 Å². The van der Waals surface area contributed by atoms with Gasteiger partial charge in [-0.05, 0) is 36.6 Å². The molecule has 0 spiro atoms. The van der Waals surface area contributed by atoms with Crippen LogP contribution in [0, 0.1) is 6.92 Å². The number of alkyl halides is 3. The largest absolute Gasteiger partial charge is 0.435 e. The van der Waals surface area contributed by atoms with Gasteiger partial charge in [0.1, 0.15) is 5.69 Å². The summed E-state index contributed by atoms with van der Waals surface area (Å²) >= 11 is 0. The van der Waals surface area contributed by atoms with Crippen molar-refractivity contribution in [3.8, 4) is 11.4 Å². The Morgan fingerprint density at radius 2 is 1.89 bits per heavy atom. The normalized spacial score (nSPS) is 11.7. The maximum Gasteiger partial charge on any atom is 0.435 e. The lowest BCUT2D eigenvalue weighted by Crippen LogP contribution is -2.18. The SMILES string of the molecule is CCc1cc(-c2cc(C(F)(F)F)nn2C)ncc1NC(=O)c1c(C)cnn1C. The lowest BCUT2D eigenvalue weighted by Gasteiger charge is -2.12. The van der Waals surface area contributed by atoms with Gasteiger partial charge in [-0.2, -0.15) is 23.4 Å². The van der Waals surface area contributed by atoms with Crippen LogP contribution in [0.25, 0.3) is 11.4 Å². The van der Waals surface area contributed by atoms with E-state index in [1.54, 1.807) is 26.2 Å². The maximum absolute atomic E-state index is 12.9. The predicted molar refractivity (Wildman–Crippen MR) is 96.7 cm³/mol. The van der Waals surface area contributed by atoms with Crippen LogP contribution in [0.4, 0.5) is 18.9 Å². The zero-order chi connectivity index (χ0) is 20.6. The number of aromatic nitrogens is 5. The highest BCUT2D eigenvalue weighted by Crippen LogP contribution is 2.31. The summed E-state index contributed by atoms with van der Waals surface area (Å²) in [6, 6.07) is 2.61. The summed E-state index contributed by atoms with van der Waals surface area (Å²) in [7, 11) is 3.10. The third-order valence-electron chi connectivity index (χ3n) is 4.39. The van der Waals surface area contributed by atoms with E-state index < -0.39 is 11.9 Å². The second-order valence-corrected chi connectivity index (χ2v) is 6.37. The number of carbonyl (C=O) groups excluding carboxylic acids is 1. The highest BCUT2D eigenvalue weighted by molar-refractivity contribution is 6.04. The molecule has 0 aromatic carbocycles. The molecule has 0 fully saturated rings. The number of anilines is 1. The van der Waals surface area contributed by atoms with Gasteiger partial charge in [0.15, 0.2) is 5.69 Å². The van der Waals surface area contributed by atoms with Gasteiger partial charge in [0.05, 0.1) is 29.5 Å². The zero-order valence-electron chi connectivity index (χ0n) is 15.8. The summed E-state index contributed by atoms with van der Waals surface area (Å²) in [4.78, 5) is 16.8. The Labute approximate surface area is 159 Å². The van der Waals surface area contributed by atoms with Crippen LogP contribution in [0.5, 0.6) is 0 Å². The minimum Gasteiger partial charge on any atom is -0.319 e. The number of aryl methyl sites for hydroxylation is 4. The van der Waals surface area contributed by atoms with Gasteiger partial charge >= 0.3 is 6.18 Å². The molecule has 0 bridgehead atoms. The number of pyridine rings is 1. The van der Waals surface area contributed by atoms with Gasteiger partial charge < -0.3 is 5.32 Å². The number of carbonyl (C=O) groups is 1. The first-order valence-corrected chi connectivity index (χ1v) is 8.52. The average molecular weight is 392 g/mol. The fourth-order valence-electron chi connectivity index (χ4n) is 2.94. The molecular formula is C18H19F3N6O. The highest BCUT2D eigenvalue weighted by atomic mass is 19.4. The molecule has 1 amide bonds. The fraction of sp³-hybridized carbons (Fsp3) is 0.333. The minimum absolute atomic E-state index is 0.238. The van der Waals surface area contributed by atoms with E-state index in [1.165, 1.54) is 17.9 Å². The number of nitrogens with one attached hydrogen (secondary N) is 1. The zero-order valence-corrected chi connectivity index (χ0v) is 15.8. The van der Waals surface area contributed by atoms with Crippen molar-refractivity contribution in [1.82, 2.24) is 24.5 Å². The fourth-order valence-corrected chi connectivity index (χ4v) is 2.94. The molecule has 1 N–H and O–H groups in total. The van der Waals surface area contributed by atoms with E-state index in [-0.39, 0.29) is 11.6 Å². The summed E-state index contributed by atoms with van der Waals surface area (Å²) in [5.74, 6) is -0.332. The van der Waals surface area contributed by atoms with E-state index >= 15 is 0 Å². The monoisotopic (exact) mass is 392 g/mol. The summed E-state index contributed by atoms with van der Waals surface area (Å²) in [6.45, 7) is 3.67. The smallest absolute Gasteiger partial charge is 0.319 e. The third-order valence-corrected chi connectivity index (χ3v) is 4.39. The molecule has 148 valence electrons. The summed E-state index contributed by atoms with van der Waals surface area (Å²) < 4.78 is 41.3. The Morgan fingerprint density at radius 1 is 1.18 bits per heavy atom. The molecule has 0 aliphatic heterocycles. The molecule has 28 heavy (non-hydrogen) atoms. The second kappa shape index (κ2) is 7.10. The van der Waals surface area contributed by atoms with Gasteiger partial charge in [-0.15, -0.1) is 0 Å². The van der Waals surface area contributed by atoms with Crippen molar-refractivity contribution in [3.63, 3.8) is 0 Å². The van der Waals surface area contributed by atoms with Crippen molar-refractivity contribution in [2.75, 3.05) is 5.32 Å². The molecule has 0 aliphatic rings. The molecule has 0 radical (unpaired) electrons. The van der Waals surface area contributed by atoms with Gasteiger partial charge in [0, 0.05) is 14.1 Å². The molecule has 3 aromatic heterocycles. The predicted octanol–water partition coefficient (Wildman–Crippen LogP) is 3.36. The van der Waals surface area contributed by atoms with Crippen LogP contribution in [-0.4, -0.2) is 30.5 Å². The van der Waals surface area contributed by atoms with Crippen LogP contribution >= 0.6 is 0 Å². The van der Waals surface area contributed by atoms with Gasteiger partial charge in [-0.1, -0.05) is 6.92 Å². The average Bonchev–Trinajstić information content (AvgIpc) is 3.17. The van der Waals surface area contributed by atoms with E-state index in [1.807, 2.05) is 6.92 Å². The Hall–Kier alpha value is -3.17. The van der Waals surface area contributed by atoms with E-state index in [2.05, 4.69) is 20.5 Å². The van der Waals surface area contributed by atoms with Crippen LogP contribution in [0.15, 0.2) is 24.5 Å². The molecule has 3 rings (SSSR count). The number of hydrogen-bond acceptors (Lipinski definition) is 4. The lowest BCUT2D eigenvalue weighted by atomic mass is 10.1. The number of hydrogen-bond donors (Lipinski definition) is 1. The molecule has 0 unspecified atom stereocenters. The van der Waals surface area contributed by atoms with E-state index in [0.717, 1.165) is 21.9 Å². The molecule has 0 saturated carbocycles. The quantitative estimate of drug-likeness (QED) is 0.739. The Kier molecular flexibility index (Phi) is 4.97. The van der Waals surface area contributed by atoms with Crippen LogP contribution < -0.4 is 5.32 Å². The molecule has 3 heterocycles. The summed E-state index contributed by atoms with van der Waals surface area (Å²) in [6.07, 6.45) is -0.937. The topological polar surface area (TPSA) is 77.6 Å². The van der Waals surface area contributed by atoms with Gasteiger partial charge in [0.25, 0.3) is 5.91 Å². The molecular weight excluding hydrogens is 373 g/mol. The van der Waals surface area contributed by atoms with Gasteiger partial charge in [0.2, 0.25) is 0 Å². The summed E-state index contributed by atoms with van der Waals surface area (Å²) in [5.41, 5.74) is 2.00. The van der Waals surface area contributed by atoms with Crippen molar-refractivity contribution >= 4 is 11.6 Å². The van der Waals surface area contributed by atoms with Gasteiger partial charge in [-0.3, -0.25) is 19.1 Å². The van der Waals surface area contributed by atoms with Crippen LogP contribution in [-0.2, 0) is 26.7 Å². The molecule has 0 saturated heterocycles. The molecule has 10 heteroatoms. The van der Waals surface area contributed by atoms with Crippen LogP contribution in [0.2, 0.25) is 0 Å². The Balaban J connectivity index is 1.93. The minimum atomic E-state index is -4.53. The molecule has 7 nitrogen and oxygen atoms in total. The third kappa shape index (κ3) is 3.62. The van der Waals surface area contributed by atoms with Crippen molar-refractivity contribution in [2.45, 2.75) is 26.4 Å². The van der Waals surface area contributed by atoms with E-state index in [9.17, 15) is 18.0 Å². The Bertz CT molecular complexity index is 1020. The van der Waals surface area contributed by atoms with Crippen LogP contribution in [0.1, 0.15) is 34.2 Å². The van der Waals surface area contributed by atoms with Crippen molar-refractivity contribution in [2.24, 2.45) is 14.1 Å². The number of rotatable bonds is 4. The van der Waals surface area contributed by atoms with Crippen molar-refractivity contribution < 1.29 is 18.0 Å².